The van der Waals surface area contributed by atoms with Crippen LogP contribution in [0.1, 0.15) is 24.2 Å². The fourth-order valence-corrected chi connectivity index (χ4v) is 5.50. The van der Waals surface area contributed by atoms with Crippen LogP contribution in [0.15, 0.2) is 73.4 Å². The van der Waals surface area contributed by atoms with Crippen molar-refractivity contribution >= 4 is 39.8 Å². The van der Waals surface area contributed by atoms with Crippen molar-refractivity contribution in [3.8, 4) is 27.9 Å². The molecule has 15 heteroatoms. The summed E-state index contributed by atoms with van der Waals surface area (Å²) in [5.74, 6) is 1.08. The van der Waals surface area contributed by atoms with Gasteiger partial charge in [0.05, 0.1) is 39.9 Å². The first-order chi connectivity index (χ1) is 21.1. The molecule has 3 amide bonds. The van der Waals surface area contributed by atoms with Crippen LogP contribution in [-0.4, -0.2) is 43.0 Å². The number of carbonyl (C=O) groups is 2. The van der Waals surface area contributed by atoms with Gasteiger partial charge in [-0.05, 0) is 61.4 Å². The topological polar surface area (TPSA) is 127 Å². The molecule has 0 saturated carbocycles. The van der Waals surface area contributed by atoms with E-state index in [4.69, 9.17) is 4.74 Å². The number of hydrogen-bond donors (Lipinski definition) is 2. The Morgan fingerprint density at radius 2 is 1.77 bits per heavy atom. The molecule has 1 aliphatic heterocycles. The van der Waals surface area contributed by atoms with E-state index in [0.717, 1.165) is 29.0 Å². The van der Waals surface area contributed by atoms with Gasteiger partial charge in [-0.1, -0.05) is 11.3 Å². The van der Waals surface area contributed by atoms with Gasteiger partial charge in [0.2, 0.25) is 5.91 Å². The highest BCUT2D eigenvalue weighted by atomic mass is 32.1. The van der Waals surface area contributed by atoms with Crippen LogP contribution in [0.4, 0.5) is 34.5 Å². The first-order valence-electron chi connectivity index (χ1n) is 13.3. The summed E-state index contributed by atoms with van der Waals surface area (Å²) in [4.78, 5) is 44.0. The zero-order chi connectivity index (χ0) is 30.8. The van der Waals surface area contributed by atoms with Crippen LogP contribution < -0.4 is 20.3 Å². The zero-order valence-electron chi connectivity index (χ0n) is 23.0. The van der Waals surface area contributed by atoms with Gasteiger partial charge in [-0.25, -0.2) is 24.7 Å². The first-order valence-corrected chi connectivity index (χ1v) is 14.1. The van der Waals surface area contributed by atoms with Crippen molar-refractivity contribution in [1.29, 1.82) is 0 Å². The number of carbonyl (C=O) groups excluding carboxylic acids is 2. The van der Waals surface area contributed by atoms with Crippen molar-refractivity contribution in [2.24, 2.45) is 0 Å². The molecule has 11 nitrogen and oxygen atoms in total. The Kier molecular flexibility index (Phi) is 7.69. The molecule has 2 aromatic carbocycles. The third kappa shape index (κ3) is 6.22. The summed E-state index contributed by atoms with van der Waals surface area (Å²) in [6.45, 7) is 2.37. The SMILES string of the molecule is Cc1nccn1-c1ccc(C(F)(F)F)cc1NC(=O)Nc1cnc(Oc2ccc(-c3cnc(N4CCCC4=O)s3)cc2)nc1. The summed E-state index contributed by atoms with van der Waals surface area (Å²) in [6, 6.07) is 9.48. The van der Waals surface area contributed by atoms with Crippen LogP contribution >= 0.6 is 11.3 Å². The van der Waals surface area contributed by atoms with Crippen LogP contribution in [0.3, 0.4) is 0 Å². The lowest BCUT2D eigenvalue weighted by atomic mass is 10.1. The van der Waals surface area contributed by atoms with E-state index in [1.807, 2.05) is 12.1 Å². The van der Waals surface area contributed by atoms with E-state index in [2.05, 4.69) is 30.6 Å². The maximum absolute atomic E-state index is 13.4. The lowest BCUT2D eigenvalue weighted by Crippen LogP contribution is -2.23. The second-order valence-electron chi connectivity index (χ2n) is 9.69. The maximum atomic E-state index is 13.4. The number of alkyl halides is 3. The highest BCUT2D eigenvalue weighted by Crippen LogP contribution is 2.35. The molecule has 224 valence electrons. The molecule has 1 saturated heterocycles. The number of hydrogen-bond acceptors (Lipinski definition) is 8. The van der Waals surface area contributed by atoms with E-state index < -0.39 is 17.8 Å². The molecule has 0 atom stereocenters. The van der Waals surface area contributed by atoms with Gasteiger partial charge in [-0.15, -0.1) is 0 Å². The minimum Gasteiger partial charge on any atom is -0.424 e. The quantitative estimate of drug-likeness (QED) is 0.208. The molecule has 44 heavy (non-hydrogen) atoms. The predicted molar refractivity (Wildman–Crippen MR) is 157 cm³/mol. The normalized spacial score (nSPS) is 13.3. The second-order valence-corrected chi connectivity index (χ2v) is 10.7. The fraction of sp³-hybridized carbons (Fsp3) is 0.172. The number of rotatable bonds is 7. The number of benzene rings is 2. The lowest BCUT2D eigenvalue weighted by molar-refractivity contribution is -0.137. The molecule has 0 aliphatic carbocycles. The fourth-order valence-electron chi connectivity index (χ4n) is 4.54. The van der Waals surface area contributed by atoms with Gasteiger partial charge in [0.1, 0.15) is 11.6 Å². The van der Waals surface area contributed by atoms with Crippen LogP contribution in [0, 0.1) is 6.92 Å². The van der Waals surface area contributed by atoms with Crippen LogP contribution in [0.5, 0.6) is 11.8 Å². The Bertz CT molecular complexity index is 1820. The lowest BCUT2D eigenvalue weighted by Gasteiger charge is -2.16. The number of ether oxygens (including phenoxy) is 1. The number of amides is 3. The van der Waals surface area contributed by atoms with Crippen molar-refractivity contribution in [1.82, 2.24) is 24.5 Å². The highest BCUT2D eigenvalue weighted by molar-refractivity contribution is 7.19. The number of halogens is 3. The number of anilines is 3. The predicted octanol–water partition coefficient (Wildman–Crippen LogP) is 6.68. The Labute approximate surface area is 252 Å². The molecule has 0 radical (unpaired) electrons. The first kappa shape index (κ1) is 28.8. The second kappa shape index (κ2) is 11.8. The number of urea groups is 1. The molecular formula is C29H23F3N8O3S. The van der Waals surface area contributed by atoms with Crippen molar-refractivity contribution < 1.29 is 27.5 Å². The Balaban J connectivity index is 1.09. The van der Waals surface area contributed by atoms with Gasteiger partial charge in [0, 0.05) is 31.6 Å². The van der Waals surface area contributed by atoms with Gasteiger partial charge >= 0.3 is 18.2 Å². The third-order valence-corrected chi connectivity index (χ3v) is 7.76. The monoisotopic (exact) mass is 620 g/mol. The van der Waals surface area contributed by atoms with E-state index in [0.29, 0.717) is 35.4 Å². The van der Waals surface area contributed by atoms with Gasteiger partial charge in [-0.2, -0.15) is 13.2 Å². The maximum Gasteiger partial charge on any atom is 0.416 e. The third-order valence-electron chi connectivity index (χ3n) is 6.69. The van der Waals surface area contributed by atoms with Gasteiger partial charge in [-0.3, -0.25) is 9.69 Å². The van der Waals surface area contributed by atoms with Crippen molar-refractivity contribution in [3.63, 3.8) is 0 Å². The van der Waals surface area contributed by atoms with Crippen LogP contribution in [-0.2, 0) is 11.0 Å². The molecule has 6 rings (SSSR count). The van der Waals surface area contributed by atoms with E-state index in [-0.39, 0.29) is 23.3 Å². The molecule has 1 fully saturated rings. The van der Waals surface area contributed by atoms with Crippen molar-refractivity contribution in [3.05, 3.63) is 84.8 Å². The molecule has 4 heterocycles. The summed E-state index contributed by atoms with van der Waals surface area (Å²) in [5.41, 5.74) is 0.428. The van der Waals surface area contributed by atoms with Crippen molar-refractivity contribution in [2.75, 3.05) is 22.1 Å². The van der Waals surface area contributed by atoms with Gasteiger partial charge in [0.25, 0.3) is 0 Å². The van der Waals surface area contributed by atoms with Crippen molar-refractivity contribution in [2.45, 2.75) is 25.9 Å². The largest absolute Gasteiger partial charge is 0.424 e. The minimum absolute atomic E-state index is 0.0204. The summed E-state index contributed by atoms with van der Waals surface area (Å²) in [7, 11) is 0. The number of aromatic nitrogens is 5. The molecule has 3 aromatic heterocycles. The molecule has 0 bridgehead atoms. The summed E-state index contributed by atoms with van der Waals surface area (Å²) in [6.07, 6.45) is 4.21. The van der Waals surface area contributed by atoms with Gasteiger partial charge < -0.3 is 19.9 Å². The Hall–Kier alpha value is -5.31. The molecular weight excluding hydrogens is 597 g/mol. The number of nitrogens with zero attached hydrogens (tertiary/aromatic N) is 6. The average molecular weight is 621 g/mol. The standard InChI is InChI=1S/C29H23F3N8O3S/c1-17-33-10-12-39(17)23-9-6-19(29(30,31)32)13-22(23)38-26(42)37-20-14-34-27(35-15-20)43-21-7-4-18(5-8-21)24-16-36-28(44-24)40-11-2-3-25(40)41/h4-10,12-16H,2-3,11H2,1H3,(H2,37,38,42). The van der Waals surface area contributed by atoms with E-state index in [1.165, 1.54) is 36.0 Å². The molecule has 5 aromatic rings. The molecule has 2 N–H and O–H groups in total. The number of aryl methyl sites for hydroxylation is 1. The molecule has 0 spiro atoms. The van der Waals surface area contributed by atoms with Crippen LogP contribution in [0.2, 0.25) is 0 Å². The summed E-state index contributed by atoms with van der Waals surface area (Å²) >= 11 is 1.44. The van der Waals surface area contributed by atoms with Crippen LogP contribution in [0.25, 0.3) is 16.1 Å². The van der Waals surface area contributed by atoms with Gasteiger partial charge in [0.15, 0.2) is 5.13 Å². The highest BCUT2D eigenvalue weighted by Gasteiger charge is 2.31. The smallest absolute Gasteiger partial charge is 0.416 e. The summed E-state index contributed by atoms with van der Waals surface area (Å²) in [5, 5.41) is 5.67. The van der Waals surface area contributed by atoms with E-state index >= 15 is 0 Å². The Morgan fingerprint density at radius 3 is 2.43 bits per heavy atom. The molecule has 1 aliphatic rings. The van der Waals surface area contributed by atoms with E-state index in [9.17, 15) is 22.8 Å². The Morgan fingerprint density at radius 1 is 1.00 bits per heavy atom. The zero-order valence-corrected chi connectivity index (χ0v) is 23.8. The number of nitrogens with one attached hydrogen (secondary N) is 2. The minimum atomic E-state index is -4.60. The van der Waals surface area contributed by atoms with E-state index in [1.54, 1.807) is 40.9 Å². The number of thiazole rings is 1. The average Bonchev–Trinajstić information content (AvgIpc) is 3.75. The summed E-state index contributed by atoms with van der Waals surface area (Å²) < 4.78 is 47.4. The number of imidazole rings is 1. The molecule has 0 unspecified atom stereocenters.